The second-order valence-electron chi connectivity index (χ2n) is 8.98. The Morgan fingerprint density at radius 1 is 1.20 bits per heavy atom. The molecule has 3 aromatic rings. The molecule has 0 fully saturated rings. The molecule has 2 aromatic heterocycles. The van der Waals surface area contributed by atoms with Crippen LogP contribution in [0.2, 0.25) is 0 Å². The Hall–Kier alpha value is -2.83. The van der Waals surface area contributed by atoms with Crippen molar-refractivity contribution in [3.8, 4) is 5.75 Å². The first-order valence-corrected chi connectivity index (χ1v) is 10.7. The molecule has 0 atom stereocenters. The van der Waals surface area contributed by atoms with E-state index in [9.17, 15) is 0 Å². The van der Waals surface area contributed by atoms with E-state index < -0.39 is 0 Å². The molecule has 3 rings (SSSR count). The smallest absolute Gasteiger partial charge is 0.222 e. The number of rotatable bonds is 9. The third-order valence-electron chi connectivity index (χ3n) is 5.10. The maximum absolute atomic E-state index is 5.89. The highest BCUT2D eigenvalue weighted by molar-refractivity contribution is 5.85. The van der Waals surface area contributed by atoms with E-state index in [0.717, 1.165) is 54.6 Å². The number of benzene rings is 1. The molecule has 0 bridgehead atoms. The van der Waals surface area contributed by atoms with Crippen LogP contribution in [0.3, 0.4) is 0 Å². The number of aryl methyl sites for hydroxylation is 1. The molecule has 0 amide bonds. The summed E-state index contributed by atoms with van der Waals surface area (Å²) in [6.45, 7) is 10.4. The molecule has 30 heavy (non-hydrogen) atoms. The molecule has 0 saturated carbocycles. The number of hydrogen-bond donors (Lipinski definition) is 2. The predicted octanol–water partition coefficient (Wildman–Crippen LogP) is 4.66. The quantitative estimate of drug-likeness (QED) is 0.499. The lowest BCUT2D eigenvalue weighted by Crippen LogP contribution is -2.07. The fourth-order valence-electron chi connectivity index (χ4n) is 3.33. The minimum Gasteiger partial charge on any atom is -0.496 e. The average Bonchev–Trinajstić information content (AvgIpc) is 3.09. The minimum absolute atomic E-state index is 0.252. The third-order valence-corrected chi connectivity index (χ3v) is 5.10. The molecular weight excluding hydrogens is 376 g/mol. The van der Waals surface area contributed by atoms with Gasteiger partial charge in [0.2, 0.25) is 5.95 Å². The number of methoxy groups -OCH3 is 1. The zero-order chi connectivity index (χ0) is 21.7. The van der Waals surface area contributed by atoms with Crippen molar-refractivity contribution in [2.45, 2.75) is 59.9 Å². The summed E-state index contributed by atoms with van der Waals surface area (Å²) in [6, 6.07) is 6.45. The zero-order valence-corrected chi connectivity index (χ0v) is 18.8. The fraction of sp³-hybridized carbons (Fsp3) is 0.522. The number of nitrogen functional groups attached to an aromatic ring is 1. The van der Waals surface area contributed by atoms with Gasteiger partial charge in [-0.25, -0.2) is 4.98 Å². The van der Waals surface area contributed by atoms with Crippen LogP contribution in [0, 0.1) is 5.41 Å². The number of fused-ring (bicyclic) bond motifs is 1. The van der Waals surface area contributed by atoms with Crippen LogP contribution in [0.25, 0.3) is 11.0 Å². The topological polar surface area (TPSA) is 90.9 Å². The predicted molar refractivity (Wildman–Crippen MR) is 123 cm³/mol. The monoisotopic (exact) mass is 410 g/mol. The van der Waals surface area contributed by atoms with Crippen molar-refractivity contribution in [3.05, 3.63) is 35.5 Å². The van der Waals surface area contributed by atoms with Crippen LogP contribution in [0.4, 0.5) is 11.8 Å². The minimum atomic E-state index is 0.252. The van der Waals surface area contributed by atoms with Gasteiger partial charge in [0.05, 0.1) is 19.9 Å². The van der Waals surface area contributed by atoms with E-state index in [1.54, 1.807) is 7.11 Å². The van der Waals surface area contributed by atoms with Gasteiger partial charge in [-0.2, -0.15) is 10.1 Å². The Bertz CT molecular complexity index is 989. The number of anilines is 2. The molecule has 162 valence electrons. The van der Waals surface area contributed by atoms with Crippen LogP contribution < -0.4 is 15.8 Å². The van der Waals surface area contributed by atoms with Crippen LogP contribution >= 0.6 is 0 Å². The molecule has 7 heteroatoms. The maximum atomic E-state index is 5.89. The Kier molecular flexibility index (Phi) is 6.80. The maximum Gasteiger partial charge on any atom is 0.222 e. The molecule has 0 spiro atoms. The molecule has 0 aliphatic rings. The Balaban J connectivity index is 1.82. The van der Waals surface area contributed by atoms with E-state index in [0.29, 0.717) is 17.8 Å². The van der Waals surface area contributed by atoms with Gasteiger partial charge in [0.15, 0.2) is 11.3 Å². The van der Waals surface area contributed by atoms with Crippen molar-refractivity contribution >= 4 is 22.8 Å². The first-order valence-electron chi connectivity index (χ1n) is 10.7. The van der Waals surface area contributed by atoms with Gasteiger partial charge < -0.3 is 15.8 Å². The van der Waals surface area contributed by atoms with Crippen LogP contribution in [0.5, 0.6) is 5.75 Å². The van der Waals surface area contributed by atoms with Gasteiger partial charge in [0, 0.05) is 12.1 Å². The van der Waals surface area contributed by atoms with Gasteiger partial charge in [0.25, 0.3) is 0 Å². The number of ether oxygens (including phenoxy) is 1. The van der Waals surface area contributed by atoms with Gasteiger partial charge in [-0.15, -0.1) is 0 Å². The SMILES string of the molecule is CCCCNc1nc(N)nc2cn(Cc3ccc(CCC(C)(C)C)cc3OC)nc12. The second-order valence-corrected chi connectivity index (χ2v) is 8.98. The summed E-state index contributed by atoms with van der Waals surface area (Å²) < 4.78 is 7.54. The van der Waals surface area contributed by atoms with E-state index in [1.165, 1.54) is 5.56 Å². The largest absolute Gasteiger partial charge is 0.496 e. The van der Waals surface area contributed by atoms with Crippen molar-refractivity contribution in [2.75, 3.05) is 24.7 Å². The number of unbranched alkanes of at least 4 members (excludes halogenated alkanes) is 1. The number of nitrogens with one attached hydrogen (secondary N) is 1. The molecule has 0 unspecified atom stereocenters. The molecule has 0 aliphatic carbocycles. The van der Waals surface area contributed by atoms with Gasteiger partial charge in [-0.05, 0) is 36.3 Å². The summed E-state index contributed by atoms with van der Waals surface area (Å²) in [5.74, 6) is 1.82. The van der Waals surface area contributed by atoms with Gasteiger partial charge in [-0.3, -0.25) is 4.68 Å². The van der Waals surface area contributed by atoms with E-state index in [-0.39, 0.29) is 5.95 Å². The summed E-state index contributed by atoms with van der Waals surface area (Å²) in [5.41, 5.74) is 10.0. The summed E-state index contributed by atoms with van der Waals surface area (Å²) in [7, 11) is 1.72. The lowest BCUT2D eigenvalue weighted by Gasteiger charge is -2.18. The summed E-state index contributed by atoms with van der Waals surface area (Å²) in [4.78, 5) is 8.68. The van der Waals surface area contributed by atoms with Gasteiger partial charge >= 0.3 is 0 Å². The number of hydrogen-bond acceptors (Lipinski definition) is 6. The molecule has 3 N–H and O–H groups in total. The Morgan fingerprint density at radius 3 is 2.70 bits per heavy atom. The van der Waals surface area contributed by atoms with Crippen molar-refractivity contribution in [1.82, 2.24) is 19.7 Å². The van der Waals surface area contributed by atoms with Gasteiger partial charge in [0.1, 0.15) is 11.3 Å². The highest BCUT2D eigenvalue weighted by atomic mass is 16.5. The molecule has 1 aromatic carbocycles. The summed E-state index contributed by atoms with van der Waals surface area (Å²) in [5, 5.41) is 8.04. The third kappa shape index (κ3) is 5.62. The van der Waals surface area contributed by atoms with Crippen LogP contribution in [0.1, 0.15) is 58.1 Å². The number of aromatic nitrogens is 4. The molecule has 7 nitrogen and oxygen atoms in total. The number of nitrogens with two attached hydrogens (primary N) is 1. The highest BCUT2D eigenvalue weighted by Crippen LogP contribution is 2.27. The lowest BCUT2D eigenvalue weighted by atomic mass is 9.88. The van der Waals surface area contributed by atoms with E-state index in [4.69, 9.17) is 15.6 Å². The highest BCUT2D eigenvalue weighted by Gasteiger charge is 2.14. The fourth-order valence-corrected chi connectivity index (χ4v) is 3.33. The van der Waals surface area contributed by atoms with E-state index >= 15 is 0 Å². The number of nitrogens with zero attached hydrogens (tertiary/aromatic N) is 4. The first-order chi connectivity index (χ1) is 14.3. The van der Waals surface area contributed by atoms with Crippen LogP contribution in [-0.4, -0.2) is 33.4 Å². The Morgan fingerprint density at radius 2 is 2.00 bits per heavy atom. The summed E-state index contributed by atoms with van der Waals surface area (Å²) >= 11 is 0. The molecule has 0 saturated heterocycles. The Labute approximate surface area is 179 Å². The molecule has 0 radical (unpaired) electrons. The zero-order valence-electron chi connectivity index (χ0n) is 18.8. The first kappa shape index (κ1) is 21.9. The van der Waals surface area contributed by atoms with Crippen molar-refractivity contribution in [1.29, 1.82) is 0 Å². The summed E-state index contributed by atoms with van der Waals surface area (Å²) in [6.07, 6.45) is 6.24. The molecular formula is C23H34N6O. The van der Waals surface area contributed by atoms with Crippen LogP contribution in [0.15, 0.2) is 24.4 Å². The van der Waals surface area contributed by atoms with Crippen LogP contribution in [-0.2, 0) is 13.0 Å². The normalized spacial score (nSPS) is 11.8. The standard InChI is InChI=1S/C23H34N6O/c1-6-7-12-25-21-20-18(26-22(24)27-21)15-29(28-20)14-17-9-8-16(13-19(17)30-5)10-11-23(2,3)4/h8-9,13,15H,6-7,10-12,14H2,1-5H3,(H3,24,25,26,27). The van der Waals surface area contributed by atoms with E-state index in [1.807, 2.05) is 10.9 Å². The van der Waals surface area contributed by atoms with Crippen molar-refractivity contribution in [3.63, 3.8) is 0 Å². The molecule has 0 aliphatic heterocycles. The average molecular weight is 411 g/mol. The van der Waals surface area contributed by atoms with Crippen molar-refractivity contribution in [2.24, 2.45) is 5.41 Å². The van der Waals surface area contributed by atoms with Crippen molar-refractivity contribution < 1.29 is 4.74 Å². The van der Waals surface area contributed by atoms with Gasteiger partial charge in [-0.1, -0.05) is 46.2 Å². The second kappa shape index (κ2) is 9.32. The molecule has 2 heterocycles. The lowest BCUT2D eigenvalue weighted by molar-refractivity contribution is 0.376. The van der Waals surface area contributed by atoms with E-state index in [2.05, 4.69) is 61.2 Å².